The Bertz CT molecular complexity index is 587. The maximum absolute atomic E-state index is 12.5. The Kier molecular flexibility index (Phi) is 4.13. The summed E-state index contributed by atoms with van der Waals surface area (Å²) < 4.78 is 26.0. The molecule has 2 rings (SSSR count). The Morgan fingerprint density at radius 1 is 1.32 bits per heavy atom. The van der Waals surface area contributed by atoms with Gasteiger partial charge in [0.05, 0.1) is 5.02 Å². The van der Waals surface area contributed by atoms with Crippen LogP contribution >= 0.6 is 11.6 Å². The zero-order valence-corrected chi connectivity index (χ0v) is 11.7. The summed E-state index contributed by atoms with van der Waals surface area (Å²) in [5.41, 5.74) is 0. The van der Waals surface area contributed by atoms with E-state index in [-0.39, 0.29) is 16.5 Å². The van der Waals surface area contributed by atoms with Gasteiger partial charge >= 0.3 is 5.97 Å². The first kappa shape index (κ1) is 14.3. The number of halogens is 1. The normalized spacial score (nSPS) is 21.2. The van der Waals surface area contributed by atoms with Crippen LogP contribution in [0.15, 0.2) is 29.2 Å². The van der Waals surface area contributed by atoms with E-state index in [9.17, 15) is 13.2 Å². The van der Waals surface area contributed by atoms with Gasteiger partial charge in [0.2, 0.25) is 10.0 Å². The van der Waals surface area contributed by atoms with Gasteiger partial charge in [0, 0.05) is 6.54 Å². The highest BCUT2D eigenvalue weighted by Gasteiger charge is 2.38. The number of hydrogen-bond donors (Lipinski definition) is 1. The topological polar surface area (TPSA) is 74.7 Å². The summed E-state index contributed by atoms with van der Waals surface area (Å²) in [5, 5.41) is 9.26. The molecule has 0 aromatic heterocycles. The molecule has 1 aromatic rings. The maximum Gasteiger partial charge on any atom is 0.322 e. The summed E-state index contributed by atoms with van der Waals surface area (Å²) in [4.78, 5) is 11.2. The van der Waals surface area contributed by atoms with E-state index >= 15 is 0 Å². The fourth-order valence-electron chi connectivity index (χ4n) is 2.22. The van der Waals surface area contributed by atoms with Crippen LogP contribution in [0, 0.1) is 0 Å². The third kappa shape index (κ3) is 2.75. The van der Waals surface area contributed by atoms with Gasteiger partial charge in [-0.05, 0) is 31.4 Å². The minimum Gasteiger partial charge on any atom is -0.480 e. The molecule has 0 aliphatic carbocycles. The van der Waals surface area contributed by atoms with E-state index in [4.69, 9.17) is 16.7 Å². The molecule has 1 aliphatic heterocycles. The number of carboxylic acids is 1. The first-order valence-corrected chi connectivity index (χ1v) is 7.75. The molecule has 1 N–H and O–H groups in total. The number of carbonyl (C=O) groups is 1. The lowest BCUT2D eigenvalue weighted by Crippen LogP contribution is -2.47. The van der Waals surface area contributed by atoms with Crippen molar-refractivity contribution in [1.29, 1.82) is 0 Å². The van der Waals surface area contributed by atoms with Crippen LogP contribution in [0.3, 0.4) is 0 Å². The van der Waals surface area contributed by atoms with Gasteiger partial charge in [-0.3, -0.25) is 4.79 Å². The van der Waals surface area contributed by atoms with Crippen LogP contribution in [0.5, 0.6) is 0 Å². The number of piperidine rings is 1. The first-order valence-electron chi connectivity index (χ1n) is 5.94. The van der Waals surface area contributed by atoms with Crippen LogP contribution in [0.1, 0.15) is 19.3 Å². The molecule has 1 atom stereocenters. The smallest absolute Gasteiger partial charge is 0.322 e. The van der Waals surface area contributed by atoms with Crippen LogP contribution in [0.4, 0.5) is 0 Å². The summed E-state index contributed by atoms with van der Waals surface area (Å²) in [6, 6.07) is 5.07. The van der Waals surface area contributed by atoms with Crippen molar-refractivity contribution in [2.24, 2.45) is 0 Å². The predicted octanol–water partition coefficient (Wildman–Crippen LogP) is 1.97. The molecule has 0 unspecified atom stereocenters. The van der Waals surface area contributed by atoms with Crippen molar-refractivity contribution in [3.63, 3.8) is 0 Å². The van der Waals surface area contributed by atoms with Crippen LogP contribution < -0.4 is 0 Å². The minimum atomic E-state index is -3.87. The van der Waals surface area contributed by atoms with Gasteiger partial charge < -0.3 is 5.11 Å². The molecule has 0 radical (unpaired) electrons. The van der Waals surface area contributed by atoms with Crippen LogP contribution in [-0.2, 0) is 14.8 Å². The van der Waals surface area contributed by atoms with Gasteiger partial charge in [-0.15, -0.1) is 0 Å². The molecule has 19 heavy (non-hydrogen) atoms. The summed E-state index contributed by atoms with van der Waals surface area (Å²) in [5.74, 6) is -1.12. The molecule has 1 saturated heterocycles. The Hall–Kier alpha value is -1.11. The van der Waals surface area contributed by atoms with Gasteiger partial charge in [-0.1, -0.05) is 23.7 Å². The highest BCUT2D eigenvalue weighted by Crippen LogP contribution is 2.29. The second-order valence-corrected chi connectivity index (χ2v) is 6.66. The Balaban J connectivity index is 2.43. The van der Waals surface area contributed by atoms with Crippen molar-refractivity contribution in [1.82, 2.24) is 4.31 Å². The molecule has 0 amide bonds. The van der Waals surface area contributed by atoms with Crippen molar-refractivity contribution < 1.29 is 18.3 Å². The molecule has 104 valence electrons. The molecule has 0 saturated carbocycles. The van der Waals surface area contributed by atoms with Crippen molar-refractivity contribution >= 4 is 27.6 Å². The molecule has 1 heterocycles. The van der Waals surface area contributed by atoms with Gasteiger partial charge in [-0.25, -0.2) is 8.42 Å². The molecule has 0 spiro atoms. The molecular formula is C12H14ClNO4S. The molecule has 5 nitrogen and oxygen atoms in total. The Morgan fingerprint density at radius 3 is 2.63 bits per heavy atom. The van der Waals surface area contributed by atoms with Crippen LogP contribution in [0.25, 0.3) is 0 Å². The lowest BCUT2D eigenvalue weighted by Gasteiger charge is -2.32. The number of sulfonamides is 1. The first-order chi connectivity index (χ1) is 8.94. The van der Waals surface area contributed by atoms with Crippen LogP contribution in [-0.4, -0.2) is 36.4 Å². The van der Waals surface area contributed by atoms with E-state index in [2.05, 4.69) is 0 Å². The van der Waals surface area contributed by atoms with E-state index in [1.807, 2.05) is 0 Å². The summed E-state index contributed by atoms with van der Waals surface area (Å²) in [6.45, 7) is 0.213. The fourth-order valence-corrected chi connectivity index (χ4v) is 4.37. The van der Waals surface area contributed by atoms with Gasteiger partial charge in [0.15, 0.2) is 0 Å². The molecule has 1 aliphatic rings. The zero-order chi connectivity index (χ0) is 14.0. The Morgan fingerprint density at radius 2 is 2.00 bits per heavy atom. The van der Waals surface area contributed by atoms with E-state index < -0.39 is 22.0 Å². The third-order valence-corrected chi connectivity index (χ3v) is 5.57. The SMILES string of the molecule is O=C(O)[C@@H]1CCCCN1S(=O)(=O)c1ccccc1Cl. The second kappa shape index (κ2) is 5.48. The molecule has 7 heteroatoms. The average molecular weight is 304 g/mol. The van der Waals surface area contributed by atoms with Crippen molar-refractivity contribution in [2.45, 2.75) is 30.2 Å². The van der Waals surface area contributed by atoms with Crippen molar-refractivity contribution in [2.75, 3.05) is 6.54 Å². The summed E-state index contributed by atoms with van der Waals surface area (Å²) in [7, 11) is -3.87. The van der Waals surface area contributed by atoms with Gasteiger partial charge in [0.25, 0.3) is 0 Å². The number of rotatable bonds is 3. The van der Waals surface area contributed by atoms with Crippen molar-refractivity contribution in [3.05, 3.63) is 29.3 Å². The van der Waals surface area contributed by atoms with Gasteiger partial charge in [-0.2, -0.15) is 4.31 Å². The number of aliphatic carboxylic acids is 1. The quantitative estimate of drug-likeness (QED) is 0.926. The van der Waals surface area contributed by atoms with E-state index in [0.29, 0.717) is 19.3 Å². The Labute approximate surface area is 116 Å². The minimum absolute atomic E-state index is 0.0372. The average Bonchev–Trinajstić information content (AvgIpc) is 2.39. The molecule has 1 fully saturated rings. The van der Waals surface area contributed by atoms with E-state index in [1.165, 1.54) is 12.1 Å². The lowest BCUT2D eigenvalue weighted by atomic mass is 10.1. The fraction of sp³-hybridized carbons (Fsp3) is 0.417. The monoisotopic (exact) mass is 303 g/mol. The molecule has 1 aromatic carbocycles. The number of nitrogens with zero attached hydrogens (tertiary/aromatic N) is 1. The predicted molar refractivity (Wildman–Crippen MR) is 70.6 cm³/mol. The van der Waals surface area contributed by atoms with Crippen LogP contribution in [0.2, 0.25) is 5.02 Å². The highest BCUT2D eigenvalue weighted by molar-refractivity contribution is 7.89. The summed E-state index contributed by atoms with van der Waals surface area (Å²) >= 11 is 5.90. The molecule has 0 bridgehead atoms. The van der Waals surface area contributed by atoms with E-state index in [0.717, 1.165) is 4.31 Å². The number of hydrogen-bond acceptors (Lipinski definition) is 3. The number of benzene rings is 1. The zero-order valence-electron chi connectivity index (χ0n) is 10.1. The summed E-state index contributed by atoms with van der Waals surface area (Å²) in [6.07, 6.45) is 1.71. The molecular weight excluding hydrogens is 290 g/mol. The maximum atomic E-state index is 12.5. The van der Waals surface area contributed by atoms with Crippen molar-refractivity contribution in [3.8, 4) is 0 Å². The third-order valence-electron chi connectivity index (χ3n) is 3.16. The lowest BCUT2D eigenvalue weighted by molar-refractivity contribution is -0.142. The van der Waals surface area contributed by atoms with Gasteiger partial charge in [0.1, 0.15) is 10.9 Å². The van der Waals surface area contributed by atoms with E-state index in [1.54, 1.807) is 12.1 Å². The number of carboxylic acid groups (broad SMARTS) is 1. The standard InChI is InChI=1S/C12H14ClNO4S/c13-9-5-1-2-7-11(9)19(17,18)14-8-4-3-6-10(14)12(15)16/h1-2,5,7,10H,3-4,6,8H2,(H,15,16)/t10-/m0/s1. The largest absolute Gasteiger partial charge is 0.480 e. The second-order valence-electron chi connectivity index (χ2n) is 4.40. The highest BCUT2D eigenvalue weighted by atomic mass is 35.5.